The van der Waals surface area contributed by atoms with E-state index in [1.807, 2.05) is 60.7 Å². The minimum absolute atomic E-state index is 0.0319. The lowest BCUT2D eigenvalue weighted by molar-refractivity contribution is -0.260. The maximum absolute atomic E-state index is 9.61. The van der Waals surface area contributed by atoms with Gasteiger partial charge in [-0.25, -0.2) is 0 Å². The first-order chi connectivity index (χ1) is 29.5. The van der Waals surface area contributed by atoms with Crippen LogP contribution in [-0.4, -0.2) is 99.7 Å². The number of hydrogen-bond acceptors (Lipinski definition) is 14. The number of aliphatic hydroxyl groups is 4. The number of hydrogen-bond donors (Lipinski definition) is 4. The van der Waals surface area contributed by atoms with Gasteiger partial charge in [-0.15, -0.1) is 0 Å². The van der Waals surface area contributed by atoms with E-state index in [0.29, 0.717) is 49.4 Å². The molecule has 2 saturated heterocycles. The molecule has 12 nitrogen and oxygen atoms in total. The summed E-state index contributed by atoms with van der Waals surface area (Å²) < 4.78 is 51.1. The molecule has 0 radical (unpaired) electrons. The molecule has 4 N–H and O–H groups in total. The Labute approximate surface area is 356 Å². The summed E-state index contributed by atoms with van der Waals surface area (Å²) in [4.78, 5) is 3.49. The first-order valence-corrected chi connectivity index (χ1v) is 21.7. The highest BCUT2D eigenvalue weighted by Crippen LogP contribution is 2.58. The Morgan fingerprint density at radius 2 is 0.817 bits per heavy atom. The minimum Gasteiger partial charge on any atom is -0.487 e. The Hall–Kier alpha value is -4.32. The zero-order chi connectivity index (χ0) is 41.1. The molecule has 2 spiro atoms. The van der Waals surface area contributed by atoms with Gasteiger partial charge in [-0.05, 0) is 47.5 Å². The Balaban J connectivity index is 0.937. The van der Waals surface area contributed by atoms with Crippen LogP contribution < -0.4 is 18.9 Å². The van der Waals surface area contributed by atoms with Crippen LogP contribution in [0.5, 0.6) is 23.0 Å². The molecule has 4 heterocycles. The van der Waals surface area contributed by atoms with Gasteiger partial charge in [0.05, 0.1) is 62.6 Å². The van der Waals surface area contributed by atoms with Gasteiger partial charge in [0.1, 0.15) is 26.4 Å². The van der Waals surface area contributed by atoms with E-state index < -0.39 is 11.6 Å². The predicted molar refractivity (Wildman–Crippen MR) is 222 cm³/mol. The van der Waals surface area contributed by atoms with Crippen LogP contribution in [0.3, 0.4) is 0 Å². The first-order valence-electron chi connectivity index (χ1n) is 20.0. The van der Waals surface area contributed by atoms with Crippen molar-refractivity contribution in [3.63, 3.8) is 0 Å². The van der Waals surface area contributed by atoms with E-state index in [2.05, 4.69) is 24.3 Å². The van der Waals surface area contributed by atoms with Crippen LogP contribution in [0.1, 0.15) is 45.2 Å². The lowest BCUT2D eigenvalue weighted by atomic mass is 9.90. The molecule has 4 aliphatic rings. The van der Waals surface area contributed by atoms with Gasteiger partial charge in [0.2, 0.25) is 11.6 Å². The molecule has 0 atom stereocenters. The normalized spacial score (nSPS) is 22.7. The van der Waals surface area contributed by atoms with Gasteiger partial charge in [-0.3, -0.25) is 0 Å². The maximum atomic E-state index is 9.61. The second-order valence-electron chi connectivity index (χ2n) is 14.6. The third-order valence-corrected chi connectivity index (χ3v) is 13.3. The molecule has 0 aliphatic carbocycles. The number of ether oxygens (including phenoxy) is 8. The fraction of sp³-hybridized carbons (Fsp3) is 0.348. The van der Waals surface area contributed by atoms with Crippen molar-refractivity contribution in [2.24, 2.45) is 0 Å². The summed E-state index contributed by atoms with van der Waals surface area (Å²) in [5.74, 6) is -0.521. The van der Waals surface area contributed by atoms with Crippen LogP contribution in [0.15, 0.2) is 117 Å². The average Bonchev–Trinajstić information content (AvgIpc) is 3.30. The highest BCUT2D eigenvalue weighted by Gasteiger charge is 2.50. The van der Waals surface area contributed by atoms with Crippen molar-refractivity contribution >= 4 is 23.5 Å². The van der Waals surface area contributed by atoms with Gasteiger partial charge in [-0.2, -0.15) is 0 Å². The third kappa shape index (κ3) is 7.42. The van der Waals surface area contributed by atoms with Gasteiger partial charge in [0.15, 0.2) is 23.0 Å². The minimum atomic E-state index is -1.18. The number of fused-ring (bicyclic) bond motifs is 8. The van der Waals surface area contributed by atoms with Gasteiger partial charge < -0.3 is 58.3 Å². The zero-order valence-corrected chi connectivity index (χ0v) is 34.4. The number of rotatable bonds is 14. The van der Waals surface area contributed by atoms with Gasteiger partial charge in [0, 0.05) is 43.9 Å². The van der Waals surface area contributed by atoms with Crippen LogP contribution in [-0.2, 0) is 30.5 Å². The second kappa shape index (κ2) is 18.0. The first kappa shape index (κ1) is 41.1. The fourth-order valence-electron chi connectivity index (χ4n) is 8.18. The monoisotopic (exact) mass is 854 g/mol. The highest BCUT2D eigenvalue weighted by molar-refractivity contribution is 8.00. The molecule has 5 aromatic rings. The number of aliphatic hydroxyl groups excluding tert-OH is 4. The molecule has 0 saturated carbocycles. The Morgan fingerprint density at radius 3 is 1.20 bits per heavy atom. The maximum Gasteiger partial charge on any atom is 0.224 e. The molecular weight excluding hydrogens is 809 g/mol. The van der Waals surface area contributed by atoms with Crippen molar-refractivity contribution in [1.82, 2.24) is 0 Å². The van der Waals surface area contributed by atoms with E-state index >= 15 is 0 Å². The molecule has 0 aromatic heterocycles. The van der Waals surface area contributed by atoms with Crippen molar-refractivity contribution in [3.05, 3.63) is 130 Å². The summed E-state index contributed by atoms with van der Waals surface area (Å²) >= 11 is 3.07. The summed E-state index contributed by atoms with van der Waals surface area (Å²) in [6.07, 6.45) is 0. The van der Waals surface area contributed by atoms with Crippen LogP contribution in [0, 0.1) is 0 Å². The summed E-state index contributed by atoms with van der Waals surface area (Å²) in [7, 11) is 0. The molecule has 314 valence electrons. The van der Waals surface area contributed by atoms with Crippen molar-refractivity contribution in [1.29, 1.82) is 0 Å². The van der Waals surface area contributed by atoms with Crippen LogP contribution in [0.4, 0.5) is 0 Å². The molecule has 0 amide bonds. The van der Waals surface area contributed by atoms with Crippen molar-refractivity contribution in [2.45, 2.75) is 43.0 Å². The topological polar surface area (TPSA) is 155 Å². The Morgan fingerprint density at radius 1 is 0.450 bits per heavy atom. The Kier molecular flexibility index (Phi) is 12.3. The summed E-state index contributed by atoms with van der Waals surface area (Å²) in [6.45, 7) is 1.34. The van der Waals surface area contributed by atoms with Crippen LogP contribution >= 0.6 is 23.5 Å². The van der Waals surface area contributed by atoms with E-state index in [-0.39, 0.29) is 64.7 Å². The molecule has 5 aromatic carbocycles. The standard InChI is InChI=1S/C46H46O12S2/c47-17-21-51-37-15-13-35-43(41(37)53-23-19-49)59-39-7-3-1-5-33(39)45(35)55-25-31(26-56-45)29-9-11-30(12-10-29)32-27-57-46(58-28-32)34-6-2-4-8-40(34)60-44-36(46)14-16-38(52-22-18-48)42(44)54-24-20-50/h1-16,31-32,47-50H,17-28H2. The summed E-state index contributed by atoms with van der Waals surface area (Å²) in [5.41, 5.74) is 5.59. The van der Waals surface area contributed by atoms with Gasteiger partial charge in [-0.1, -0.05) is 84.2 Å². The predicted octanol–water partition coefficient (Wildman–Crippen LogP) is 6.16. The van der Waals surface area contributed by atoms with Gasteiger partial charge in [0.25, 0.3) is 0 Å². The van der Waals surface area contributed by atoms with E-state index in [1.165, 1.54) is 23.5 Å². The van der Waals surface area contributed by atoms with Crippen LogP contribution in [0.2, 0.25) is 0 Å². The second-order valence-corrected chi connectivity index (χ2v) is 16.7. The highest BCUT2D eigenvalue weighted by atomic mass is 32.2. The zero-order valence-electron chi connectivity index (χ0n) is 32.7. The number of benzene rings is 5. The lowest BCUT2D eigenvalue weighted by Crippen LogP contribution is -2.44. The molecule has 0 bridgehead atoms. The van der Waals surface area contributed by atoms with E-state index in [0.717, 1.165) is 53.0 Å². The van der Waals surface area contributed by atoms with Crippen molar-refractivity contribution < 1.29 is 58.3 Å². The molecule has 9 rings (SSSR count). The average molecular weight is 855 g/mol. The van der Waals surface area contributed by atoms with Crippen LogP contribution in [0.25, 0.3) is 0 Å². The molecule has 0 unspecified atom stereocenters. The van der Waals surface area contributed by atoms with Crippen molar-refractivity contribution in [3.8, 4) is 23.0 Å². The lowest BCUT2D eigenvalue weighted by Gasteiger charge is -2.45. The quantitative estimate of drug-likeness (QED) is 0.101. The SMILES string of the molecule is OCCOc1ccc2c(c1OCCO)Sc1ccccc1C21OCC(c2ccc(C3COC4(OC3)c3ccccc3Sc3c4ccc(OCCO)c3OCCO)cc2)CO1. The van der Waals surface area contributed by atoms with Crippen molar-refractivity contribution in [2.75, 3.05) is 79.3 Å². The molecule has 4 aliphatic heterocycles. The molecule has 14 heteroatoms. The summed E-state index contributed by atoms with van der Waals surface area (Å²) in [6, 6.07) is 32.0. The molecule has 60 heavy (non-hydrogen) atoms. The van der Waals surface area contributed by atoms with E-state index in [9.17, 15) is 20.4 Å². The fourth-order valence-corrected chi connectivity index (χ4v) is 10.7. The smallest absolute Gasteiger partial charge is 0.224 e. The summed E-state index contributed by atoms with van der Waals surface area (Å²) in [5, 5.41) is 38.1. The third-order valence-electron chi connectivity index (χ3n) is 11.0. The molecule has 2 fully saturated rings. The Bertz CT molecular complexity index is 2130. The molecular formula is C46H46O12S2. The van der Waals surface area contributed by atoms with E-state index in [1.54, 1.807) is 12.1 Å². The largest absolute Gasteiger partial charge is 0.487 e. The van der Waals surface area contributed by atoms with E-state index in [4.69, 9.17) is 37.9 Å². The van der Waals surface area contributed by atoms with Gasteiger partial charge >= 0.3 is 0 Å².